The number of rotatable bonds is 3. The molecule has 2 rings (SSSR count). The molecule has 1 aromatic heterocycles. The second-order valence-corrected chi connectivity index (χ2v) is 6.45. The molecule has 1 fully saturated rings. The molecule has 0 amide bonds. The molecule has 2 nitrogen and oxygen atoms in total. The summed E-state index contributed by atoms with van der Waals surface area (Å²) >= 11 is 5.43. The van der Waals surface area contributed by atoms with E-state index in [0.717, 1.165) is 13.2 Å². The van der Waals surface area contributed by atoms with E-state index in [1.165, 1.54) is 27.1 Å². The van der Waals surface area contributed by atoms with Crippen molar-refractivity contribution < 1.29 is 4.74 Å². The van der Waals surface area contributed by atoms with E-state index < -0.39 is 0 Å². The fraction of sp³-hybridized carbons (Fsp3) is 0.667. The van der Waals surface area contributed by atoms with Gasteiger partial charge in [-0.25, -0.2) is 0 Å². The average molecular weight is 304 g/mol. The standard InChI is InChI=1S/C12H18BrNOS/c1-8-10(13)6-11(16-8)12-9(7-14-2)4-3-5-15-12/h6,9,12,14H,3-5,7H2,1-2H3. The predicted molar refractivity (Wildman–Crippen MR) is 72.1 cm³/mol. The van der Waals surface area contributed by atoms with Gasteiger partial charge in [-0.05, 0) is 48.8 Å². The highest BCUT2D eigenvalue weighted by molar-refractivity contribution is 9.10. The Bertz CT molecular complexity index is 331. The Balaban J connectivity index is 2.16. The van der Waals surface area contributed by atoms with Crippen molar-refractivity contribution in [2.75, 3.05) is 20.2 Å². The van der Waals surface area contributed by atoms with Gasteiger partial charge in [0.1, 0.15) is 0 Å². The van der Waals surface area contributed by atoms with Crippen LogP contribution in [-0.2, 0) is 4.74 Å². The number of halogens is 1. The first-order valence-corrected chi connectivity index (χ1v) is 7.35. The van der Waals surface area contributed by atoms with Crippen molar-refractivity contribution in [2.24, 2.45) is 5.92 Å². The van der Waals surface area contributed by atoms with Gasteiger partial charge in [-0.2, -0.15) is 0 Å². The molecule has 0 spiro atoms. The van der Waals surface area contributed by atoms with Gasteiger partial charge in [0.05, 0.1) is 6.10 Å². The number of aryl methyl sites for hydroxylation is 1. The molecule has 0 radical (unpaired) electrons. The minimum atomic E-state index is 0.288. The van der Waals surface area contributed by atoms with E-state index in [-0.39, 0.29) is 6.10 Å². The summed E-state index contributed by atoms with van der Waals surface area (Å²) in [5, 5.41) is 3.27. The van der Waals surface area contributed by atoms with Crippen LogP contribution < -0.4 is 5.32 Å². The smallest absolute Gasteiger partial charge is 0.0957 e. The van der Waals surface area contributed by atoms with Gasteiger partial charge >= 0.3 is 0 Å². The first-order chi connectivity index (χ1) is 7.72. The monoisotopic (exact) mass is 303 g/mol. The number of thiophene rings is 1. The lowest BCUT2D eigenvalue weighted by Crippen LogP contribution is -2.29. The van der Waals surface area contributed by atoms with Crippen molar-refractivity contribution in [1.29, 1.82) is 0 Å². The highest BCUT2D eigenvalue weighted by atomic mass is 79.9. The van der Waals surface area contributed by atoms with Crippen LogP contribution in [0, 0.1) is 12.8 Å². The van der Waals surface area contributed by atoms with Crippen LogP contribution in [0.4, 0.5) is 0 Å². The lowest BCUT2D eigenvalue weighted by atomic mass is 9.93. The van der Waals surface area contributed by atoms with E-state index in [9.17, 15) is 0 Å². The molecule has 2 unspecified atom stereocenters. The third kappa shape index (κ3) is 2.67. The minimum absolute atomic E-state index is 0.288. The SMILES string of the molecule is CNCC1CCCOC1c1cc(Br)c(C)s1. The second kappa shape index (κ2) is 5.63. The largest absolute Gasteiger partial charge is 0.372 e. The summed E-state index contributed by atoms with van der Waals surface area (Å²) in [6.45, 7) is 4.09. The van der Waals surface area contributed by atoms with Crippen LogP contribution >= 0.6 is 27.3 Å². The molecule has 0 aromatic carbocycles. The maximum atomic E-state index is 5.95. The van der Waals surface area contributed by atoms with Crippen molar-refractivity contribution in [2.45, 2.75) is 25.9 Å². The second-order valence-electron chi connectivity index (χ2n) is 4.30. The van der Waals surface area contributed by atoms with Gasteiger partial charge in [0.2, 0.25) is 0 Å². The Hall–Kier alpha value is 0.1000. The Morgan fingerprint density at radius 2 is 2.44 bits per heavy atom. The van der Waals surface area contributed by atoms with Crippen LogP contribution in [0.1, 0.15) is 28.7 Å². The van der Waals surface area contributed by atoms with Gasteiger partial charge in [-0.15, -0.1) is 11.3 Å². The summed E-state index contributed by atoms with van der Waals surface area (Å²) in [5.41, 5.74) is 0. The van der Waals surface area contributed by atoms with E-state index >= 15 is 0 Å². The molecule has 90 valence electrons. The zero-order valence-electron chi connectivity index (χ0n) is 9.75. The van der Waals surface area contributed by atoms with Crippen molar-refractivity contribution >= 4 is 27.3 Å². The molecule has 0 saturated carbocycles. The highest BCUT2D eigenvalue weighted by Crippen LogP contribution is 2.39. The molecule has 2 atom stereocenters. The van der Waals surface area contributed by atoms with E-state index in [0.29, 0.717) is 5.92 Å². The molecule has 1 aromatic rings. The summed E-state index contributed by atoms with van der Waals surface area (Å²) in [6, 6.07) is 2.22. The topological polar surface area (TPSA) is 21.3 Å². The molecule has 2 heterocycles. The van der Waals surface area contributed by atoms with Crippen molar-refractivity contribution in [3.63, 3.8) is 0 Å². The Kier molecular flexibility index (Phi) is 4.41. The van der Waals surface area contributed by atoms with Gasteiger partial charge in [0, 0.05) is 33.3 Å². The normalized spacial score (nSPS) is 25.9. The van der Waals surface area contributed by atoms with Gasteiger partial charge in [0.15, 0.2) is 0 Å². The van der Waals surface area contributed by atoms with Gasteiger partial charge in [-0.1, -0.05) is 0 Å². The van der Waals surface area contributed by atoms with Crippen LogP contribution in [0.3, 0.4) is 0 Å². The molecule has 1 N–H and O–H groups in total. The predicted octanol–water partition coefficient (Wildman–Crippen LogP) is 3.51. The summed E-state index contributed by atoms with van der Waals surface area (Å²) in [5.74, 6) is 0.615. The van der Waals surface area contributed by atoms with Crippen molar-refractivity contribution in [3.05, 3.63) is 20.3 Å². The minimum Gasteiger partial charge on any atom is -0.372 e. The molecular formula is C12H18BrNOS. The van der Waals surface area contributed by atoms with Crippen LogP contribution in [0.2, 0.25) is 0 Å². The maximum Gasteiger partial charge on any atom is 0.0957 e. The molecule has 1 saturated heterocycles. The molecule has 16 heavy (non-hydrogen) atoms. The maximum absolute atomic E-state index is 5.95. The summed E-state index contributed by atoms with van der Waals surface area (Å²) in [6.07, 6.45) is 2.74. The van der Waals surface area contributed by atoms with Crippen LogP contribution in [0.25, 0.3) is 0 Å². The van der Waals surface area contributed by atoms with Crippen molar-refractivity contribution in [1.82, 2.24) is 5.32 Å². The van der Waals surface area contributed by atoms with E-state index in [4.69, 9.17) is 4.74 Å². The average Bonchev–Trinajstić information content (AvgIpc) is 2.60. The quantitative estimate of drug-likeness (QED) is 0.923. The van der Waals surface area contributed by atoms with E-state index in [1.807, 2.05) is 18.4 Å². The third-order valence-corrected chi connectivity index (χ3v) is 5.27. The molecule has 1 aliphatic heterocycles. The van der Waals surface area contributed by atoms with Gasteiger partial charge < -0.3 is 10.1 Å². The lowest BCUT2D eigenvalue weighted by Gasteiger charge is -2.31. The van der Waals surface area contributed by atoms with E-state index in [2.05, 4.69) is 34.2 Å². The van der Waals surface area contributed by atoms with E-state index in [1.54, 1.807) is 0 Å². The van der Waals surface area contributed by atoms with Crippen molar-refractivity contribution in [3.8, 4) is 0 Å². The molecule has 4 heteroatoms. The highest BCUT2D eigenvalue weighted by Gasteiger charge is 2.28. The number of hydrogen-bond acceptors (Lipinski definition) is 3. The first kappa shape index (κ1) is 12.6. The summed E-state index contributed by atoms with van der Waals surface area (Å²) < 4.78 is 7.16. The number of ether oxygens (including phenoxy) is 1. The number of hydrogen-bond donors (Lipinski definition) is 1. The Labute approximate surface area is 110 Å². The van der Waals surface area contributed by atoms with Gasteiger partial charge in [0.25, 0.3) is 0 Å². The molecule has 0 aliphatic carbocycles. The fourth-order valence-electron chi connectivity index (χ4n) is 2.25. The third-order valence-electron chi connectivity index (χ3n) is 3.07. The zero-order valence-corrected chi connectivity index (χ0v) is 12.2. The van der Waals surface area contributed by atoms with Crippen LogP contribution in [0.15, 0.2) is 10.5 Å². The summed E-state index contributed by atoms with van der Waals surface area (Å²) in [7, 11) is 2.02. The Morgan fingerprint density at radius 3 is 3.06 bits per heavy atom. The first-order valence-electron chi connectivity index (χ1n) is 5.74. The Morgan fingerprint density at radius 1 is 1.62 bits per heavy atom. The van der Waals surface area contributed by atoms with Gasteiger partial charge in [-0.3, -0.25) is 0 Å². The number of nitrogens with one attached hydrogen (secondary N) is 1. The summed E-state index contributed by atoms with van der Waals surface area (Å²) in [4.78, 5) is 2.71. The van der Waals surface area contributed by atoms with Crippen LogP contribution in [0.5, 0.6) is 0 Å². The molecular weight excluding hydrogens is 286 g/mol. The van der Waals surface area contributed by atoms with Crippen LogP contribution in [-0.4, -0.2) is 20.2 Å². The fourth-order valence-corrected chi connectivity index (χ4v) is 3.96. The lowest BCUT2D eigenvalue weighted by molar-refractivity contribution is -0.0251. The molecule has 0 bridgehead atoms. The molecule has 1 aliphatic rings. The zero-order chi connectivity index (χ0) is 11.5.